The van der Waals surface area contributed by atoms with E-state index in [-0.39, 0.29) is 5.41 Å². The third-order valence-electron chi connectivity index (χ3n) is 3.34. The van der Waals surface area contributed by atoms with E-state index in [2.05, 4.69) is 50.0 Å². The van der Waals surface area contributed by atoms with Gasteiger partial charge in [0.2, 0.25) is 0 Å². The first-order valence-corrected chi connectivity index (χ1v) is 7.09. The fraction of sp³-hybridized carbons (Fsp3) is 0.857. The number of hydrogen-bond acceptors (Lipinski definition) is 3. The first-order valence-electron chi connectivity index (χ1n) is 7.09. The van der Waals surface area contributed by atoms with Gasteiger partial charge in [-0.15, -0.1) is 0 Å². The van der Waals surface area contributed by atoms with Crippen molar-refractivity contribution in [3.8, 4) is 0 Å². The molecule has 0 aliphatic heterocycles. The molecule has 0 saturated heterocycles. The fourth-order valence-corrected chi connectivity index (χ4v) is 2.18. The van der Waals surface area contributed by atoms with E-state index in [9.17, 15) is 0 Å². The monoisotopic (exact) mass is 252 g/mol. The van der Waals surface area contributed by atoms with E-state index in [1.165, 1.54) is 6.42 Å². The molecule has 0 bridgehead atoms. The standard InChI is InChI=1S/C14H28N4/c1-6-10-15-12(14(3,4)5)8-9-13-16-11-17-18(13)7-2/h11-12,15H,6-10H2,1-5H3. The van der Waals surface area contributed by atoms with E-state index in [1.54, 1.807) is 6.33 Å². The van der Waals surface area contributed by atoms with Gasteiger partial charge in [-0.05, 0) is 31.7 Å². The summed E-state index contributed by atoms with van der Waals surface area (Å²) in [6.07, 6.45) is 4.94. The molecule has 104 valence electrons. The summed E-state index contributed by atoms with van der Waals surface area (Å²) < 4.78 is 1.99. The van der Waals surface area contributed by atoms with Crippen LogP contribution in [-0.4, -0.2) is 27.4 Å². The zero-order valence-electron chi connectivity index (χ0n) is 12.5. The Morgan fingerprint density at radius 2 is 2.06 bits per heavy atom. The van der Waals surface area contributed by atoms with E-state index >= 15 is 0 Å². The molecule has 4 heteroatoms. The number of nitrogens with one attached hydrogen (secondary N) is 1. The lowest BCUT2D eigenvalue weighted by atomic mass is 9.84. The summed E-state index contributed by atoms with van der Waals surface area (Å²) in [6, 6.07) is 0.527. The van der Waals surface area contributed by atoms with Crippen molar-refractivity contribution in [1.82, 2.24) is 20.1 Å². The number of rotatable bonds is 7. The maximum absolute atomic E-state index is 4.35. The zero-order valence-corrected chi connectivity index (χ0v) is 12.5. The minimum atomic E-state index is 0.284. The lowest BCUT2D eigenvalue weighted by Gasteiger charge is -2.31. The van der Waals surface area contributed by atoms with Crippen molar-refractivity contribution >= 4 is 0 Å². The van der Waals surface area contributed by atoms with Crippen LogP contribution in [0.5, 0.6) is 0 Å². The van der Waals surface area contributed by atoms with Gasteiger partial charge in [0, 0.05) is 19.0 Å². The van der Waals surface area contributed by atoms with Gasteiger partial charge < -0.3 is 5.32 Å². The van der Waals surface area contributed by atoms with Gasteiger partial charge in [0.05, 0.1) is 0 Å². The molecule has 0 aliphatic rings. The Morgan fingerprint density at radius 1 is 1.33 bits per heavy atom. The van der Waals surface area contributed by atoms with Gasteiger partial charge in [0.25, 0.3) is 0 Å². The van der Waals surface area contributed by atoms with Crippen LogP contribution in [0.4, 0.5) is 0 Å². The highest BCUT2D eigenvalue weighted by molar-refractivity contribution is 4.89. The molecule has 1 aromatic rings. The average molecular weight is 252 g/mol. The number of aromatic nitrogens is 3. The molecule has 0 radical (unpaired) electrons. The van der Waals surface area contributed by atoms with Gasteiger partial charge in [0.15, 0.2) is 0 Å². The van der Waals surface area contributed by atoms with Gasteiger partial charge in [-0.2, -0.15) is 5.10 Å². The molecule has 1 rings (SSSR count). The molecule has 1 aromatic heterocycles. The van der Waals surface area contributed by atoms with Crippen LogP contribution in [0.2, 0.25) is 0 Å². The minimum Gasteiger partial charge on any atom is -0.313 e. The summed E-state index contributed by atoms with van der Waals surface area (Å²) in [7, 11) is 0. The summed E-state index contributed by atoms with van der Waals surface area (Å²) >= 11 is 0. The van der Waals surface area contributed by atoms with Crippen LogP contribution in [0, 0.1) is 5.41 Å². The maximum atomic E-state index is 4.35. The van der Waals surface area contributed by atoms with Gasteiger partial charge in [-0.25, -0.2) is 4.98 Å². The lowest BCUT2D eigenvalue weighted by molar-refractivity contribution is 0.253. The predicted molar refractivity (Wildman–Crippen MR) is 75.6 cm³/mol. The molecular weight excluding hydrogens is 224 g/mol. The molecule has 1 heterocycles. The molecule has 0 amide bonds. The van der Waals surface area contributed by atoms with Gasteiger partial charge in [0.1, 0.15) is 12.2 Å². The van der Waals surface area contributed by atoms with Crippen LogP contribution in [-0.2, 0) is 13.0 Å². The molecule has 18 heavy (non-hydrogen) atoms. The molecule has 0 spiro atoms. The molecule has 1 atom stereocenters. The first-order chi connectivity index (χ1) is 8.49. The molecular formula is C14H28N4. The maximum Gasteiger partial charge on any atom is 0.138 e. The molecule has 1 unspecified atom stereocenters. The molecule has 1 N–H and O–H groups in total. The third kappa shape index (κ3) is 4.41. The summed E-state index contributed by atoms with van der Waals surface area (Å²) in [5.74, 6) is 1.10. The van der Waals surface area contributed by atoms with Gasteiger partial charge in [-0.3, -0.25) is 4.68 Å². The predicted octanol–water partition coefficient (Wildman–Crippen LogP) is 2.64. The van der Waals surface area contributed by atoms with Gasteiger partial charge in [-0.1, -0.05) is 27.7 Å². The molecule has 0 aromatic carbocycles. The fourth-order valence-electron chi connectivity index (χ4n) is 2.18. The van der Waals surface area contributed by atoms with Crippen LogP contribution in [0.3, 0.4) is 0 Å². The van der Waals surface area contributed by atoms with Crippen molar-refractivity contribution in [1.29, 1.82) is 0 Å². The second-order valence-corrected chi connectivity index (χ2v) is 5.90. The van der Waals surface area contributed by atoms with Crippen LogP contribution in [0.1, 0.15) is 53.3 Å². The highest BCUT2D eigenvalue weighted by Gasteiger charge is 2.24. The van der Waals surface area contributed by atoms with Crippen molar-refractivity contribution in [2.75, 3.05) is 6.54 Å². The van der Waals surface area contributed by atoms with Crippen LogP contribution in [0.25, 0.3) is 0 Å². The topological polar surface area (TPSA) is 42.7 Å². The number of aryl methyl sites for hydroxylation is 2. The summed E-state index contributed by atoms with van der Waals surface area (Å²) in [5.41, 5.74) is 0.284. The Bertz CT molecular complexity index is 338. The lowest BCUT2D eigenvalue weighted by Crippen LogP contribution is -2.41. The second kappa shape index (κ2) is 6.88. The number of nitrogens with zero attached hydrogens (tertiary/aromatic N) is 3. The normalized spacial score (nSPS) is 13.8. The Morgan fingerprint density at radius 3 is 2.61 bits per heavy atom. The summed E-state index contributed by atoms with van der Waals surface area (Å²) in [5, 5.41) is 7.87. The van der Waals surface area contributed by atoms with Crippen LogP contribution >= 0.6 is 0 Å². The average Bonchev–Trinajstić information content (AvgIpc) is 2.74. The van der Waals surface area contributed by atoms with E-state index in [0.29, 0.717) is 6.04 Å². The third-order valence-corrected chi connectivity index (χ3v) is 3.34. The van der Waals surface area contributed by atoms with Crippen molar-refractivity contribution in [2.45, 2.75) is 66.5 Å². The van der Waals surface area contributed by atoms with Crippen LogP contribution in [0.15, 0.2) is 6.33 Å². The van der Waals surface area contributed by atoms with Gasteiger partial charge >= 0.3 is 0 Å². The molecule has 4 nitrogen and oxygen atoms in total. The SMILES string of the molecule is CCCNC(CCc1ncnn1CC)C(C)(C)C. The Balaban J connectivity index is 2.56. The van der Waals surface area contributed by atoms with Crippen molar-refractivity contribution in [3.63, 3.8) is 0 Å². The summed E-state index contributed by atoms with van der Waals surface area (Å²) in [4.78, 5) is 4.35. The van der Waals surface area contributed by atoms with Crippen molar-refractivity contribution < 1.29 is 0 Å². The highest BCUT2D eigenvalue weighted by atomic mass is 15.3. The molecule has 0 saturated carbocycles. The summed E-state index contributed by atoms with van der Waals surface area (Å²) in [6.45, 7) is 13.2. The van der Waals surface area contributed by atoms with Crippen molar-refractivity contribution in [3.05, 3.63) is 12.2 Å². The Hall–Kier alpha value is -0.900. The Kier molecular flexibility index (Phi) is 5.79. The smallest absolute Gasteiger partial charge is 0.138 e. The highest BCUT2D eigenvalue weighted by Crippen LogP contribution is 2.23. The molecule has 0 fully saturated rings. The first kappa shape index (κ1) is 15.2. The van der Waals surface area contributed by atoms with E-state index in [0.717, 1.165) is 31.8 Å². The van der Waals surface area contributed by atoms with Crippen LogP contribution < -0.4 is 5.32 Å². The molecule has 0 aliphatic carbocycles. The second-order valence-electron chi connectivity index (χ2n) is 5.90. The zero-order chi connectivity index (χ0) is 13.6. The number of hydrogen-bond donors (Lipinski definition) is 1. The van der Waals surface area contributed by atoms with E-state index in [1.807, 2.05) is 4.68 Å². The minimum absolute atomic E-state index is 0.284. The quantitative estimate of drug-likeness (QED) is 0.811. The largest absolute Gasteiger partial charge is 0.313 e. The van der Waals surface area contributed by atoms with E-state index in [4.69, 9.17) is 0 Å². The van der Waals surface area contributed by atoms with E-state index < -0.39 is 0 Å². The Labute approximate surface area is 111 Å². The van der Waals surface area contributed by atoms with Crippen molar-refractivity contribution in [2.24, 2.45) is 5.41 Å².